The molecule has 0 saturated heterocycles. The molecule has 19 heavy (non-hydrogen) atoms. The number of nitrogens with two attached hydrogens (primary N) is 1. The lowest BCUT2D eigenvalue weighted by Gasteiger charge is -2.09. The molecule has 1 aromatic heterocycles. The zero-order valence-electron chi connectivity index (χ0n) is 10.9. The Labute approximate surface area is 115 Å². The van der Waals surface area contributed by atoms with Crippen molar-refractivity contribution in [3.05, 3.63) is 24.3 Å². The Morgan fingerprint density at radius 1 is 1.21 bits per heavy atom. The van der Waals surface area contributed by atoms with Crippen molar-refractivity contribution in [2.45, 2.75) is 11.7 Å². The highest BCUT2D eigenvalue weighted by atomic mass is 32.2. The van der Waals surface area contributed by atoms with Gasteiger partial charge in [0.05, 0.1) is 13.7 Å². The minimum Gasteiger partial charge on any atom is -0.497 e. The largest absolute Gasteiger partial charge is 0.497 e. The molecule has 2 aromatic rings. The lowest BCUT2D eigenvalue weighted by Crippen LogP contribution is -2.11. The van der Waals surface area contributed by atoms with E-state index in [9.17, 15) is 0 Å². The number of ether oxygens (including phenoxy) is 2. The van der Waals surface area contributed by atoms with Gasteiger partial charge in [-0.3, -0.25) is 4.57 Å². The zero-order chi connectivity index (χ0) is 13.7. The second-order valence-corrected chi connectivity index (χ2v) is 4.49. The molecule has 0 radical (unpaired) electrons. The van der Waals surface area contributed by atoms with Crippen LogP contribution in [0.4, 0.5) is 5.95 Å². The molecule has 0 fully saturated rings. The molecule has 2 N–H and O–H groups in total. The molecule has 0 atom stereocenters. The van der Waals surface area contributed by atoms with Crippen LogP contribution in [0.3, 0.4) is 0 Å². The summed E-state index contributed by atoms with van der Waals surface area (Å²) in [7, 11) is 1.63. The third-order valence-electron chi connectivity index (χ3n) is 2.57. The van der Waals surface area contributed by atoms with Gasteiger partial charge in [0.2, 0.25) is 5.95 Å². The van der Waals surface area contributed by atoms with Crippen molar-refractivity contribution in [1.29, 1.82) is 0 Å². The van der Waals surface area contributed by atoms with Gasteiger partial charge in [0.25, 0.3) is 0 Å². The number of nitrogen functional groups attached to an aromatic ring is 1. The fourth-order valence-corrected chi connectivity index (χ4v) is 2.12. The summed E-state index contributed by atoms with van der Waals surface area (Å²) in [6.45, 7) is 1.11. The number of aromatic nitrogens is 3. The molecule has 1 heterocycles. The van der Waals surface area contributed by atoms with Crippen LogP contribution in [-0.4, -0.2) is 34.7 Å². The summed E-state index contributed by atoms with van der Waals surface area (Å²) < 4.78 is 12.5. The minimum atomic E-state index is 0.405. The molecule has 0 spiro atoms. The van der Waals surface area contributed by atoms with Crippen molar-refractivity contribution in [3.8, 4) is 11.5 Å². The van der Waals surface area contributed by atoms with Gasteiger partial charge in [0.15, 0.2) is 5.16 Å². The van der Waals surface area contributed by atoms with E-state index in [0.29, 0.717) is 19.1 Å². The molecule has 0 saturated carbocycles. The predicted octanol–water partition coefficient (Wildman–Crippen LogP) is 1.67. The van der Waals surface area contributed by atoms with Crippen molar-refractivity contribution >= 4 is 17.7 Å². The van der Waals surface area contributed by atoms with Crippen molar-refractivity contribution in [3.63, 3.8) is 0 Å². The Hall–Kier alpha value is -1.89. The Morgan fingerprint density at radius 3 is 2.53 bits per heavy atom. The first-order valence-electron chi connectivity index (χ1n) is 5.74. The first kappa shape index (κ1) is 13.5. The van der Waals surface area contributed by atoms with Crippen LogP contribution in [0.5, 0.6) is 11.5 Å². The lowest BCUT2D eigenvalue weighted by molar-refractivity contribution is 0.294. The Balaban J connectivity index is 1.90. The summed E-state index contributed by atoms with van der Waals surface area (Å²) in [6, 6.07) is 7.44. The molecule has 0 unspecified atom stereocenters. The average molecular weight is 280 g/mol. The quantitative estimate of drug-likeness (QED) is 0.811. The zero-order valence-corrected chi connectivity index (χ0v) is 11.7. The van der Waals surface area contributed by atoms with Gasteiger partial charge in [-0.05, 0) is 30.5 Å². The molecule has 7 heteroatoms. The number of hydrogen-bond donors (Lipinski definition) is 1. The number of rotatable bonds is 6. The molecule has 0 aliphatic rings. The number of anilines is 1. The van der Waals surface area contributed by atoms with Crippen LogP contribution in [0.15, 0.2) is 29.4 Å². The molecule has 6 nitrogen and oxygen atoms in total. The third kappa shape index (κ3) is 3.31. The smallest absolute Gasteiger partial charge is 0.222 e. The Morgan fingerprint density at radius 2 is 1.89 bits per heavy atom. The Kier molecular flexibility index (Phi) is 4.51. The second-order valence-electron chi connectivity index (χ2n) is 3.72. The van der Waals surface area contributed by atoms with Crippen LogP contribution in [0.2, 0.25) is 0 Å². The van der Waals surface area contributed by atoms with Crippen LogP contribution in [-0.2, 0) is 6.54 Å². The molecule has 102 valence electrons. The van der Waals surface area contributed by atoms with Gasteiger partial charge in [0.1, 0.15) is 18.1 Å². The lowest BCUT2D eigenvalue weighted by atomic mass is 10.3. The first-order valence-corrected chi connectivity index (χ1v) is 6.96. The predicted molar refractivity (Wildman–Crippen MR) is 74.7 cm³/mol. The van der Waals surface area contributed by atoms with Crippen LogP contribution in [0.25, 0.3) is 0 Å². The molecule has 0 aliphatic heterocycles. The van der Waals surface area contributed by atoms with Crippen LogP contribution >= 0.6 is 11.8 Å². The maximum atomic E-state index is 5.74. The maximum Gasteiger partial charge on any atom is 0.222 e. The average Bonchev–Trinajstić information content (AvgIpc) is 2.80. The van der Waals surface area contributed by atoms with E-state index in [1.54, 1.807) is 7.11 Å². The van der Waals surface area contributed by atoms with E-state index in [1.165, 1.54) is 11.8 Å². The molecular weight excluding hydrogens is 264 g/mol. The monoisotopic (exact) mass is 280 g/mol. The molecule has 0 bridgehead atoms. The molecule has 2 rings (SSSR count). The fraction of sp³-hybridized carbons (Fsp3) is 0.333. The minimum absolute atomic E-state index is 0.405. The van der Waals surface area contributed by atoms with Crippen LogP contribution in [0.1, 0.15) is 0 Å². The number of methoxy groups -OCH3 is 1. The maximum absolute atomic E-state index is 5.74. The first-order chi connectivity index (χ1) is 9.24. The van der Waals surface area contributed by atoms with Crippen molar-refractivity contribution in [2.75, 3.05) is 25.7 Å². The number of thioether (sulfide) groups is 1. The summed E-state index contributed by atoms with van der Waals surface area (Å²) in [5.74, 6) is 2.00. The summed E-state index contributed by atoms with van der Waals surface area (Å²) in [5, 5.41) is 8.58. The standard InChI is InChI=1S/C12H16N4O2S/c1-17-9-3-5-10(6-4-9)18-8-7-16-11(13)14-15-12(16)19-2/h3-6H,7-8H2,1-2H3,(H2,13,14). The summed E-state index contributed by atoms with van der Waals surface area (Å²) in [6.07, 6.45) is 1.93. The highest BCUT2D eigenvalue weighted by Gasteiger charge is 2.07. The van der Waals surface area contributed by atoms with Gasteiger partial charge >= 0.3 is 0 Å². The van der Waals surface area contributed by atoms with Crippen LogP contribution in [0, 0.1) is 0 Å². The molecule has 0 aliphatic carbocycles. The van der Waals surface area contributed by atoms with E-state index in [1.807, 2.05) is 35.1 Å². The molecular formula is C12H16N4O2S. The van der Waals surface area contributed by atoms with E-state index >= 15 is 0 Å². The van der Waals surface area contributed by atoms with Crippen molar-refractivity contribution in [1.82, 2.24) is 14.8 Å². The Bertz CT molecular complexity index is 527. The van der Waals surface area contributed by atoms with Gasteiger partial charge in [-0.15, -0.1) is 10.2 Å². The van der Waals surface area contributed by atoms with Gasteiger partial charge in [0, 0.05) is 0 Å². The highest BCUT2D eigenvalue weighted by Crippen LogP contribution is 2.18. The summed E-state index contributed by atoms with van der Waals surface area (Å²) in [4.78, 5) is 0. The van der Waals surface area contributed by atoms with Gasteiger partial charge in [-0.2, -0.15) is 0 Å². The van der Waals surface area contributed by atoms with Gasteiger partial charge < -0.3 is 15.2 Å². The topological polar surface area (TPSA) is 75.2 Å². The van der Waals surface area contributed by atoms with Crippen LogP contribution < -0.4 is 15.2 Å². The summed E-state index contributed by atoms with van der Waals surface area (Å²) in [5.41, 5.74) is 5.74. The number of hydrogen-bond acceptors (Lipinski definition) is 6. The number of benzene rings is 1. The van der Waals surface area contributed by atoms with E-state index < -0.39 is 0 Å². The molecule has 1 aromatic carbocycles. The number of nitrogens with zero attached hydrogens (tertiary/aromatic N) is 3. The van der Waals surface area contributed by atoms with Crippen molar-refractivity contribution in [2.24, 2.45) is 0 Å². The summed E-state index contributed by atoms with van der Waals surface area (Å²) >= 11 is 1.50. The third-order valence-corrected chi connectivity index (χ3v) is 3.24. The van der Waals surface area contributed by atoms with E-state index in [4.69, 9.17) is 15.2 Å². The van der Waals surface area contributed by atoms with E-state index in [2.05, 4.69) is 10.2 Å². The SMILES string of the molecule is COc1ccc(OCCn2c(N)nnc2SC)cc1. The van der Waals surface area contributed by atoms with Gasteiger partial charge in [-0.1, -0.05) is 11.8 Å². The van der Waals surface area contributed by atoms with Gasteiger partial charge in [-0.25, -0.2) is 0 Å². The molecule has 0 amide bonds. The normalized spacial score (nSPS) is 10.4. The highest BCUT2D eigenvalue weighted by molar-refractivity contribution is 7.98. The fourth-order valence-electron chi connectivity index (χ4n) is 1.59. The van der Waals surface area contributed by atoms with Crippen molar-refractivity contribution < 1.29 is 9.47 Å². The second kappa shape index (κ2) is 6.33. The van der Waals surface area contributed by atoms with E-state index in [0.717, 1.165) is 16.7 Å². The van der Waals surface area contributed by atoms with E-state index in [-0.39, 0.29) is 0 Å².